The second-order valence-electron chi connectivity index (χ2n) is 6.01. The van der Waals surface area contributed by atoms with Gasteiger partial charge in [0.05, 0.1) is 0 Å². The van der Waals surface area contributed by atoms with Gasteiger partial charge in [0, 0.05) is 18.0 Å². The molecule has 130 valence electrons. The molecule has 2 amide bonds. The molecule has 2 aromatic carbocycles. The van der Waals surface area contributed by atoms with Crippen molar-refractivity contribution in [1.82, 2.24) is 4.90 Å². The number of hydrogen-bond acceptors (Lipinski definition) is 4. The van der Waals surface area contributed by atoms with Gasteiger partial charge in [0.25, 0.3) is 0 Å². The number of urea groups is 1. The molecule has 25 heavy (non-hydrogen) atoms. The van der Waals surface area contributed by atoms with Gasteiger partial charge in [-0.25, -0.2) is 4.79 Å². The molecule has 0 bridgehead atoms. The van der Waals surface area contributed by atoms with E-state index < -0.39 is 0 Å². The Morgan fingerprint density at radius 3 is 2.80 bits per heavy atom. The predicted molar refractivity (Wildman–Crippen MR) is 99.3 cm³/mol. The van der Waals surface area contributed by atoms with E-state index in [-0.39, 0.29) is 18.2 Å². The lowest BCUT2D eigenvalue weighted by Gasteiger charge is -2.24. The molecule has 1 N–H and O–H groups in total. The zero-order valence-electron chi connectivity index (χ0n) is 14.0. The van der Waals surface area contributed by atoms with Crippen molar-refractivity contribution >= 4 is 23.5 Å². The number of rotatable bonds is 3. The van der Waals surface area contributed by atoms with E-state index in [0.717, 1.165) is 41.5 Å². The Hall–Kier alpha value is -2.34. The Balaban J connectivity index is 1.49. The van der Waals surface area contributed by atoms with Gasteiger partial charge in [0.15, 0.2) is 11.5 Å². The van der Waals surface area contributed by atoms with Gasteiger partial charge >= 0.3 is 6.03 Å². The van der Waals surface area contributed by atoms with Crippen LogP contribution < -0.4 is 14.8 Å². The lowest BCUT2D eigenvalue weighted by molar-refractivity contribution is 0.174. The molecule has 6 heteroatoms. The third-order valence-corrected chi connectivity index (χ3v) is 5.71. The van der Waals surface area contributed by atoms with Crippen LogP contribution in [0.4, 0.5) is 10.5 Å². The van der Waals surface area contributed by atoms with Gasteiger partial charge in [0.1, 0.15) is 5.37 Å². The molecule has 2 aromatic rings. The molecule has 0 aliphatic carbocycles. The second kappa shape index (κ2) is 6.88. The van der Waals surface area contributed by atoms with Crippen LogP contribution in [-0.2, 0) is 6.42 Å². The maximum Gasteiger partial charge on any atom is 0.323 e. The van der Waals surface area contributed by atoms with Crippen LogP contribution >= 0.6 is 11.8 Å². The van der Waals surface area contributed by atoms with Crippen LogP contribution in [0, 0.1) is 0 Å². The average Bonchev–Trinajstić information content (AvgIpc) is 3.30. The van der Waals surface area contributed by atoms with Crippen molar-refractivity contribution in [3.8, 4) is 11.5 Å². The Kier molecular flexibility index (Phi) is 4.44. The fourth-order valence-electron chi connectivity index (χ4n) is 3.04. The number of nitrogens with one attached hydrogen (secondary N) is 1. The summed E-state index contributed by atoms with van der Waals surface area (Å²) >= 11 is 1.76. The standard InChI is InChI=1S/C19H20N2O3S/c1-2-13-3-6-15(7-4-13)20-19(22)21-9-10-25-18(21)14-5-8-16-17(11-14)24-12-23-16/h3-8,11,18H,2,9-10,12H2,1H3,(H,20,22). The van der Waals surface area contributed by atoms with Gasteiger partial charge in [-0.1, -0.05) is 25.1 Å². The maximum absolute atomic E-state index is 12.7. The summed E-state index contributed by atoms with van der Waals surface area (Å²) in [6.07, 6.45) is 0.989. The highest BCUT2D eigenvalue weighted by Gasteiger charge is 2.31. The van der Waals surface area contributed by atoms with Crippen molar-refractivity contribution in [1.29, 1.82) is 0 Å². The zero-order chi connectivity index (χ0) is 17.2. The zero-order valence-corrected chi connectivity index (χ0v) is 14.8. The van der Waals surface area contributed by atoms with Crippen LogP contribution in [0.1, 0.15) is 23.4 Å². The van der Waals surface area contributed by atoms with Crippen molar-refractivity contribution in [2.45, 2.75) is 18.7 Å². The molecule has 0 saturated carbocycles. The molecule has 0 spiro atoms. The van der Waals surface area contributed by atoms with E-state index in [0.29, 0.717) is 0 Å². The van der Waals surface area contributed by atoms with Gasteiger partial charge in [-0.05, 0) is 41.8 Å². The SMILES string of the molecule is CCc1ccc(NC(=O)N2CCSC2c2ccc3c(c2)OCO3)cc1. The topological polar surface area (TPSA) is 50.8 Å². The van der Waals surface area contributed by atoms with Gasteiger partial charge in [-0.2, -0.15) is 0 Å². The van der Waals surface area contributed by atoms with E-state index in [9.17, 15) is 4.79 Å². The predicted octanol–water partition coefficient (Wildman–Crippen LogP) is 4.26. The molecule has 0 aromatic heterocycles. The fraction of sp³-hybridized carbons (Fsp3) is 0.316. The minimum absolute atomic E-state index is 0.00980. The van der Waals surface area contributed by atoms with Crippen LogP contribution in [0.2, 0.25) is 0 Å². The van der Waals surface area contributed by atoms with Gasteiger partial charge < -0.3 is 19.7 Å². The summed E-state index contributed by atoms with van der Waals surface area (Å²) in [5.74, 6) is 2.43. The summed E-state index contributed by atoms with van der Waals surface area (Å²) in [4.78, 5) is 14.6. The van der Waals surface area contributed by atoms with Crippen LogP contribution in [0.5, 0.6) is 11.5 Å². The highest BCUT2D eigenvalue weighted by atomic mass is 32.2. The number of benzene rings is 2. The third-order valence-electron chi connectivity index (χ3n) is 4.45. The highest BCUT2D eigenvalue weighted by Crippen LogP contribution is 2.42. The van der Waals surface area contributed by atoms with Crippen molar-refractivity contribution in [2.24, 2.45) is 0 Å². The number of ether oxygens (including phenoxy) is 2. The van der Waals surface area contributed by atoms with Crippen molar-refractivity contribution in [3.05, 3.63) is 53.6 Å². The van der Waals surface area contributed by atoms with Crippen LogP contribution in [0.25, 0.3) is 0 Å². The third kappa shape index (κ3) is 3.26. The summed E-state index contributed by atoms with van der Waals surface area (Å²) in [5, 5.41) is 3.00. The first-order chi connectivity index (χ1) is 12.2. The van der Waals surface area contributed by atoms with Crippen LogP contribution in [-0.4, -0.2) is 30.0 Å². The van der Waals surface area contributed by atoms with Crippen molar-refractivity contribution in [3.63, 3.8) is 0 Å². The Labute approximate surface area is 151 Å². The number of thioether (sulfide) groups is 1. The van der Waals surface area contributed by atoms with Gasteiger partial charge in [-0.15, -0.1) is 11.8 Å². The number of amides is 2. The number of anilines is 1. The first-order valence-electron chi connectivity index (χ1n) is 8.42. The summed E-state index contributed by atoms with van der Waals surface area (Å²) in [6, 6.07) is 13.8. The number of aryl methyl sites for hydroxylation is 1. The van der Waals surface area contributed by atoms with E-state index in [1.54, 1.807) is 11.8 Å². The molecule has 2 aliphatic rings. The molecule has 1 saturated heterocycles. The minimum atomic E-state index is -0.0723. The van der Waals surface area contributed by atoms with E-state index in [1.165, 1.54) is 5.56 Å². The molecule has 2 aliphatic heterocycles. The number of carbonyl (C=O) groups is 1. The molecule has 1 fully saturated rings. The number of fused-ring (bicyclic) bond motifs is 1. The van der Waals surface area contributed by atoms with E-state index in [2.05, 4.69) is 12.2 Å². The van der Waals surface area contributed by atoms with Gasteiger partial charge in [-0.3, -0.25) is 0 Å². The van der Waals surface area contributed by atoms with Gasteiger partial charge in [0.2, 0.25) is 6.79 Å². The molecular weight excluding hydrogens is 336 g/mol. The molecule has 1 atom stereocenters. The lowest BCUT2D eigenvalue weighted by Crippen LogP contribution is -2.34. The average molecular weight is 356 g/mol. The number of nitrogens with zero attached hydrogens (tertiary/aromatic N) is 1. The van der Waals surface area contributed by atoms with Crippen LogP contribution in [0.3, 0.4) is 0 Å². The first kappa shape index (κ1) is 16.1. The number of hydrogen-bond donors (Lipinski definition) is 1. The molecular formula is C19H20N2O3S. The Bertz CT molecular complexity index is 779. The first-order valence-corrected chi connectivity index (χ1v) is 9.47. The van der Waals surface area contributed by atoms with E-state index in [1.807, 2.05) is 47.4 Å². The monoisotopic (exact) mass is 356 g/mol. The molecule has 2 heterocycles. The minimum Gasteiger partial charge on any atom is -0.454 e. The smallest absolute Gasteiger partial charge is 0.323 e. The van der Waals surface area contributed by atoms with E-state index in [4.69, 9.17) is 9.47 Å². The van der Waals surface area contributed by atoms with Crippen molar-refractivity contribution < 1.29 is 14.3 Å². The lowest BCUT2D eigenvalue weighted by atomic mass is 10.1. The van der Waals surface area contributed by atoms with E-state index >= 15 is 0 Å². The van der Waals surface area contributed by atoms with Crippen molar-refractivity contribution in [2.75, 3.05) is 24.4 Å². The second-order valence-corrected chi connectivity index (χ2v) is 7.20. The summed E-state index contributed by atoms with van der Waals surface area (Å²) in [7, 11) is 0. The molecule has 4 rings (SSSR count). The fourth-order valence-corrected chi connectivity index (χ4v) is 4.29. The Morgan fingerprint density at radius 2 is 2.00 bits per heavy atom. The molecule has 5 nitrogen and oxygen atoms in total. The normalized spacial score (nSPS) is 18.4. The molecule has 0 radical (unpaired) electrons. The summed E-state index contributed by atoms with van der Waals surface area (Å²) in [6.45, 7) is 3.10. The largest absolute Gasteiger partial charge is 0.454 e. The summed E-state index contributed by atoms with van der Waals surface area (Å²) in [5.41, 5.74) is 3.14. The number of carbonyl (C=O) groups excluding carboxylic acids is 1. The Morgan fingerprint density at radius 1 is 1.20 bits per heavy atom. The summed E-state index contributed by atoms with van der Waals surface area (Å²) < 4.78 is 10.8. The van der Waals surface area contributed by atoms with Crippen LogP contribution in [0.15, 0.2) is 42.5 Å². The maximum atomic E-state index is 12.7. The highest BCUT2D eigenvalue weighted by molar-refractivity contribution is 7.99. The quantitative estimate of drug-likeness (QED) is 0.893. The molecule has 1 unspecified atom stereocenters.